The molecule has 2 nitrogen and oxygen atoms in total. The van der Waals surface area contributed by atoms with Crippen molar-refractivity contribution in [3.63, 3.8) is 0 Å². The Morgan fingerprint density at radius 2 is 2.17 bits per heavy atom. The van der Waals surface area contributed by atoms with Crippen molar-refractivity contribution in [3.8, 4) is 0 Å². The summed E-state index contributed by atoms with van der Waals surface area (Å²) < 4.78 is 1.69. The smallest absolute Gasteiger partial charge is 0.152 e. The largest absolute Gasteiger partial charge is 0.369 e. The molecule has 0 unspecified atom stereocenters. The molecule has 1 aromatic carbocycles. The molecule has 0 aliphatic rings. The molecule has 0 aliphatic heterocycles. The molecule has 0 atom stereocenters. The van der Waals surface area contributed by atoms with Crippen molar-refractivity contribution in [2.45, 2.75) is 6.54 Å². The van der Waals surface area contributed by atoms with E-state index < -0.39 is 0 Å². The number of thiophene rings is 1. The lowest BCUT2D eigenvalue weighted by atomic mass is 10.2. The second kappa shape index (κ2) is 5.87. The maximum atomic E-state index is 11.1. The summed E-state index contributed by atoms with van der Waals surface area (Å²) in [4.78, 5) is 14.3. The van der Waals surface area contributed by atoms with Gasteiger partial charge in [0.15, 0.2) is 6.29 Å². The molecule has 0 fully saturated rings. The van der Waals surface area contributed by atoms with E-state index in [0.717, 1.165) is 27.3 Å². The van der Waals surface area contributed by atoms with Gasteiger partial charge >= 0.3 is 0 Å². The molecule has 94 valence electrons. The second-order valence-electron chi connectivity index (χ2n) is 3.88. The van der Waals surface area contributed by atoms with Gasteiger partial charge in [0.25, 0.3) is 0 Å². The predicted molar refractivity (Wildman–Crippen MR) is 81.0 cm³/mol. The zero-order valence-corrected chi connectivity index (χ0v) is 12.8. The van der Waals surface area contributed by atoms with Crippen molar-refractivity contribution in [2.75, 3.05) is 11.9 Å². The van der Waals surface area contributed by atoms with Crippen LogP contribution in [0.25, 0.3) is 0 Å². The van der Waals surface area contributed by atoms with Crippen LogP contribution in [0, 0.1) is 0 Å². The minimum atomic E-state index is 0.675. The van der Waals surface area contributed by atoms with Gasteiger partial charge in [0.1, 0.15) is 0 Å². The molecule has 18 heavy (non-hydrogen) atoms. The van der Waals surface area contributed by atoms with Crippen molar-refractivity contribution < 1.29 is 4.79 Å². The van der Waals surface area contributed by atoms with E-state index in [1.807, 2.05) is 42.3 Å². The number of carbonyl (C=O) groups is 1. The number of aldehydes is 1. The third-order valence-electron chi connectivity index (χ3n) is 2.55. The Bertz CT molecular complexity index is 570. The van der Waals surface area contributed by atoms with Gasteiger partial charge in [-0.2, -0.15) is 0 Å². The quantitative estimate of drug-likeness (QED) is 0.755. The summed E-state index contributed by atoms with van der Waals surface area (Å²) in [5.74, 6) is 0. The molecular formula is C13H11BrClNOS. The molecule has 2 rings (SSSR count). The summed E-state index contributed by atoms with van der Waals surface area (Å²) in [6, 6.07) is 9.57. The standard InChI is InChI=1S/C13H11BrClNOS/c1-16(7-11-3-5-13(15)18-11)12-4-2-10(14)6-9(12)8-17/h2-6,8H,7H2,1H3. The van der Waals surface area contributed by atoms with E-state index in [1.54, 1.807) is 11.3 Å². The molecule has 0 aliphatic carbocycles. The Morgan fingerprint density at radius 3 is 2.78 bits per heavy atom. The van der Waals surface area contributed by atoms with Crippen molar-refractivity contribution in [3.05, 3.63) is 49.6 Å². The average molecular weight is 345 g/mol. The molecule has 1 aromatic heterocycles. The lowest BCUT2D eigenvalue weighted by Crippen LogP contribution is -2.17. The van der Waals surface area contributed by atoms with Gasteiger partial charge in [-0.15, -0.1) is 11.3 Å². The molecule has 1 heterocycles. The van der Waals surface area contributed by atoms with Crippen LogP contribution in [0.4, 0.5) is 5.69 Å². The van der Waals surface area contributed by atoms with Crippen molar-refractivity contribution >= 4 is 50.8 Å². The molecular weight excluding hydrogens is 334 g/mol. The normalized spacial score (nSPS) is 10.4. The van der Waals surface area contributed by atoms with Gasteiger partial charge in [-0.1, -0.05) is 27.5 Å². The summed E-state index contributed by atoms with van der Waals surface area (Å²) in [6.45, 7) is 0.736. The maximum Gasteiger partial charge on any atom is 0.152 e. The van der Waals surface area contributed by atoms with Crippen molar-refractivity contribution in [2.24, 2.45) is 0 Å². The summed E-state index contributed by atoms with van der Waals surface area (Å²) >= 11 is 10.8. The molecule has 0 N–H and O–H groups in total. The zero-order chi connectivity index (χ0) is 13.1. The fraction of sp³-hybridized carbons (Fsp3) is 0.154. The Morgan fingerprint density at radius 1 is 1.39 bits per heavy atom. The van der Waals surface area contributed by atoms with E-state index in [0.29, 0.717) is 5.56 Å². The number of hydrogen-bond donors (Lipinski definition) is 0. The monoisotopic (exact) mass is 343 g/mol. The number of benzene rings is 1. The van der Waals surface area contributed by atoms with Gasteiger partial charge in [-0.3, -0.25) is 4.79 Å². The number of rotatable bonds is 4. The van der Waals surface area contributed by atoms with Crippen LogP contribution >= 0.6 is 38.9 Å². The van der Waals surface area contributed by atoms with Crippen LogP contribution in [0.5, 0.6) is 0 Å². The third kappa shape index (κ3) is 3.13. The Labute approximate surface area is 123 Å². The number of anilines is 1. The zero-order valence-electron chi connectivity index (χ0n) is 9.69. The van der Waals surface area contributed by atoms with Crippen LogP contribution in [0.1, 0.15) is 15.2 Å². The Balaban J connectivity index is 2.23. The molecule has 0 radical (unpaired) electrons. The van der Waals surface area contributed by atoms with E-state index in [9.17, 15) is 4.79 Å². The Hall–Kier alpha value is -0.840. The molecule has 0 saturated carbocycles. The fourth-order valence-electron chi connectivity index (χ4n) is 1.72. The highest BCUT2D eigenvalue weighted by molar-refractivity contribution is 9.10. The number of hydrogen-bond acceptors (Lipinski definition) is 3. The van der Waals surface area contributed by atoms with Crippen molar-refractivity contribution in [1.29, 1.82) is 0 Å². The summed E-state index contributed by atoms with van der Waals surface area (Å²) in [5, 5.41) is 0. The first-order valence-electron chi connectivity index (χ1n) is 5.30. The number of nitrogens with zero attached hydrogens (tertiary/aromatic N) is 1. The highest BCUT2D eigenvalue weighted by Gasteiger charge is 2.09. The molecule has 0 saturated heterocycles. The lowest BCUT2D eigenvalue weighted by Gasteiger charge is -2.20. The van der Waals surface area contributed by atoms with E-state index >= 15 is 0 Å². The molecule has 0 amide bonds. The topological polar surface area (TPSA) is 20.3 Å². The first-order valence-corrected chi connectivity index (χ1v) is 7.29. The van der Waals surface area contributed by atoms with E-state index in [4.69, 9.17) is 11.6 Å². The maximum absolute atomic E-state index is 11.1. The highest BCUT2D eigenvalue weighted by atomic mass is 79.9. The summed E-state index contributed by atoms with van der Waals surface area (Å²) in [6.07, 6.45) is 0.873. The SMILES string of the molecule is CN(Cc1ccc(Cl)s1)c1ccc(Br)cc1C=O. The van der Waals surface area contributed by atoms with E-state index in [2.05, 4.69) is 15.9 Å². The summed E-state index contributed by atoms with van der Waals surface area (Å²) in [7, 11) is 1.96. The first kappa shape index (κ1) is 13.6. The minimum Gasteiger partial charge on any atom is -0.369 e. The van der Waals surface area contributed by atoms with Crippen LogP contribution in [0.2, 0.25) is 4.34 Å². The van der Waals surface area contributed by atoms with Crippen LogP contribution in [0.15, 0.2) is 34.8 Å². The third-order valence-corrected chi connectivity index (χ3v) is 4.26. The van der Waals surface area contributed by atoms with E-state index in [1.165, 1.54) is 4.88 Å². The molecule has 0 spiro atoms. The van der Waals surface area contributed by atoms with Gasteiger partial charge in [0, 0.05) is 27.6 Å². The van der Waals surface area contributed by atoms with Crippen LogP contribution in [-0.2, 0) is 6.54 Å². The number of halogens is 2. The number of carbonyl (C=O) groups excluding carboxylic acids is 1. The Kier molecular flexibility index (Phi) is 4.43. The second-order valence-corrected chi connectivity index (χ2v) is 6.60. The minimum absolute atomic E-state index is 0.675. The fourth-order valence-corrected chi connectivity index (χ4v) is 3.24. The summed E-state index contributed by atoms with van der Waals surface area (Å²) in [5.41, 5.74) is 1.59. The van der Waals surface area contributed by atoms with Gasteiger partial charge in [0.2, 0.25) is 0 Å². The molecule has 2 aromatic rings. The first-order chi connectivity index (χ1) is 8.60. The van der Waals surface area contributed by atoms with Gasteiger partial charge < -0.3 is 4.90 Å². The van der Waals surface area contributed by atoms with Gasteiger partial charge in [0.05, 0.1) is 10.9 Å². The molecule has 5 heteroatoms. The average Bonchev–Trinajstić information content (AvgIpc) is 2.74. The van der Waals surface area contributed by atoms with Crippen LogP contribution < -0.4 is 4.90 Å². The predicted octanol–water partition coefficient (Wildman–Crippen LogP) is 4.61. The van der Waals surface area contributed by atoms with Crippen molar-refractivity contribution in [1.82, 2.24) is 0 Å². The van der Waals surface area contributed by atoms with Crippen LogP contribution in [-0.4, -0.2) is 13.3 Å². The lowest BCUT2D eigenvalue weighted by molar-refractivity contribution is 0.112. The molecule has 0 bridgehead atoms. The van der Waals surface area contributed by atoms with Crippen LogP contribution in [0.3, 0.4) is 0 Å². The van der Waals surface area contributed by atoms with Gasteiger partial charge in [-0.25, -0.2) is 0 Å². The van der Waals surface area contributed by atoms with Gasteiger partial charge in [-0.05, 0) is 30.3 Å². The highest BCUT2D eigenvalue weighted by Crippen LogP contribution is 2.27. The van der Waals surface area contributed by atoms with E-state index in [-0.39, 0.29) is 0 Å².